The van der Waals surface area contributed by atoms with Crippen molar-refractivity contribution in [3.05, 3.63) is 35.4 Å². The summed E-state index contributed by atoms with van der Waals surface area (Å²) in [5, 5.41) is 2.49. The van der Waals surface area contributed by atoms with E-state index in [1.807, 2.05) is 0 Å². The predicted molar refractivity (Wildman–Crippen MR) is 99.3 cm³/mol. The van der Waals surface area contributed by atoms with Gasteiger partial charge >= 0.3 is 5.97 Å². The maximum Gasteiger partial charge on any atom is 0.330 e. The van der Waals surface area contributed by atoms with Crippen LogP contribution in [0.25, 0.3) is 0 Å². The Morgan fingerprint density at radius 2 is 1.68 bits per heavy atom. The summed E-state index contributed by atoms with van der Waals surface area (Å²) in [7, 11) is -3.47. The summed E-state index contributed by atoms with van der Waals surface area (Å²) in [5.41, 5.74) is 0.253. The lowest BCUT2D eigenvalue weighted by Gasteiger charge is -2.25. The molecular formula is C18H22N2O7S. The van der Waals surface area contributed by atoms with Crippen LogP contribution in [0.5, 0.6) is 0 Å². The number of fused-ring (bicyclic) bond motifs is 1. The van der Waals surface area contributed by atoms with Gasteiger partial charge in [0.05, 0.1) is 16.9 Å². The third-order valence-corrected chi connectivity index (χ3v) is 5.16. The highest BCUT2D eigenvalue weighted by atomic mass is 32.2. The van der Waals surface area contributed by atoms with Crippen molar-refractivity contribution in [1.29, 1.82) is 0 Å². The third-order valence-electron chi connectivity index (χ3n) is 4.18. The summed E-state index contributed by atoms with van der Waals surface area (Å²) < 4.78 is 28.2. The molecule has 2 atom stereocenters. The smallest absolute Gasteiger partial charge is 0.330 e. The number of benzene rings is 1. The molecule has 10 heteroatoms. The average Bonchev–Trinajstić information content (AvgIpc) is 2.86. The molecule has 0 aromatic heterocycles. The van der Waals surface area contributed by atoms with E-state index >= 15 is 0 Å². The molecule has 2 rings (SSSR count). The quantitative estimate of drug-likeness (QED) is 0.477. The number of imide groups is 1. The van der Waals surface area contributed by atoms with Crippen LogP contribution < -0.4 is 5.32 Å². The van der Waals surface area contributed by atoms with Crippen LogP contribution in [0.15, 0.2) is 24.3 Å². The fourth-order valence-corrected chi connectivity index (χ4v) is 3.44. The van der Waals surface area contributed by atoms with E-state index in [2.05, 4.69) is 5.32 Å². The molecule has 0 saturated carbocycles. The Bertz CT molecular complexity index is 875. The molecule has 0 fully saturated rings. The Morgan fingerprint density at radius 1 is 1.14 bits per heavy atom. The van der Waals surface area contributed by atoms with Crippen molar-refractivity contribution in [2.75, 3.05) is 18.6 Å². The van der Waals surface area contributed by atoms with Crippen molar-refractivity contribution in [2.45, 2.75) is 32.4 Å². The van der Waals surface area contributed by atoms with Crippen LogP contribution >= 0.6 is 0 Å². The van der Waals surface area contributed by atoms with E-state index < -0.39 is 51.4 Å². The summed E-state index contributed by atoms with van der Waals surface area (Å²) in [6.45, 7) is 3.37. The Hall–Kier alpha value is -2.75. The second kappa shape index (κ2) is 8.51. The summed E-state index contributed by atoms with van der Waals surface area (Å²) in [4.78, 5) is 50.5. The molecule has 1 aromatic rings. The van der Waals surface area contributed by atoms with Gasteiger partial charge in [-0.2, -0.15) is 0 Å². The van der Waals surface area contributed by atoms with Crippen LogP contribution in [0.1, 0.15) is 41.0 Å². The van der Waals surface area contributed by atoms with E-state index in [0.717, 1.165) is 6.26 Å². The second-order valence-electron chi connectivity index (χ2n) is 6.43. The van der Waals surface area contributed by atoms with Crippen LogP contribution in [0, 0.1) is 0 Å². The fourth-order valence-electron chi connectivity index (χ4n) is 2.79. The minimum atomic E-state index is -3.47. The van der Waals surface area contributed by atoms with Crippen molar-refractivity contribution in [2.24, 2.45) is 0 Å². The first-order valence-corrected chi connectivity index (χ1v) is 10.8. The number of rotatable bonds is 8. The van der Waals surface area contributed by atoms with Gasteiger partial charge in [-0.05, 0) is 32.4 Å². The molecule has 1 N–H and O–H groups in total. The lowest BCUT2D eigenvalue weighted by molar-refractivity contribution is -0.158. The Labute approximate surface area is 162 Å². The fraction of sp³-hybridized carbons (Fsp3) is 0.444. The van der Waals surface area contributed by atoms with Crippen molar-refractivity contribution in [1.82, 2.24) is 10.2 Å². The van der Waals surface area contributed by atoms with Gasteiger partial charge in [-0.1, -0.05) is 12.1 Å². The Morgan fingerprint density at radius 3 is 2.14 bits per heavy atom. The van der Waals surface area contributed by atoms with Crippen LogP contribution in [-0.2, 0) is 24.2 Å². The molecule has 0 bridgehead atoms. The summed E-state index contributed by atoms with van der Waals surface area (Å²) in [6.07, 6.45) is -0.510. The van der Waals surface area contributed by atoms with Crippen LogP contribution in [0.2, 0.25) is 0 Å². The van der Waals surface area contributed by atoms with Gasteiger partial charge in [-0.25, -0.2) is 13.2 Å². The van der Waals surface area contributed by atoms with E-state index in [1.54, 1.807) is 19.1 Å². The number of nitrogens with one attached hydrogen (secondary N) is 1. The first-order valence-electron chi connectivity index (χ1n) is 8.69. The number of sulfone groups is 1. The maximum absolute atomic E-state index is 12.7. The van der Waals surface area contributed by atoms with Gasteiger partial charge < -0.3 is 10.1 Å². The summed E-state index contributed by atoms with van der Waals surface area (Å²) in [6, 6.07) is 4.60. The molecule has 1 aliphatic heterocycles. The van der Waals surface area contributed by atoms with E-state index in [-0.39, 0.29) is 17.5 Å². The zero-order chi connectivity index (χ0) is 21.1. The lowest BCUT2D eigenvalue weighted by Crippen LogP contribution is -2.48. The zero-order valence-electron chi connectivity index (χ0n) is 15.8. The number of carbonyl (C=O) groups excluding carboxylic acids is 4. The number of amides is 3. The lowest BCUT2D eigenvalue weighted by atomic mass is 10.1. The number of hydrogen-bond acceptors (Lipinski definition) is 7. The first-order chi connectivity index (χ1) is 13.1. The SMILES string of the molecule is CCNC(=O)[C@@H](C)OC(=O)[C@H](CCS(C)(=O)=O)N1C(=O)c2ccccc2C1=O. The number of carbonyl (C=O) groups is 4. The van der Waals surface area contributed by atoms with Crippen molar-refractivity contribution < 1.29 is 32.3 Å². The minimum Gasteiger partial charge on any atom is -0.451 e. The number of esters is 1. The van der Waals surface area contributed by atoms with E-state index in [1.165, 1.54) is 19.1 Å². The maximum atomic E-state index is 12.7. The summed E-state index contributed by atoms with van der Waals surface area (Å²) >= 11 is 0. The van der Waals surface area contributed by atoms with Gasteiger partial charge in [-0.3, -0.25) is 19.3 Å². The average molecular weight is 410 g/mol. The standard InChI is InChI=1S/C18H22N2O7S/c1-4-19-15(21)11(2)27-18(24)14(9-10-28(3,25)26)20-16(22)12-7-5-6-8-13(12)17(20)23/h5-8,11,14H,4,9-10H2,1-3H3,(H,19,21)/t11-,14+/m1/s1. The third kappa shape index (κ3) is 4.75. The van der Waals surface area contributed by atoms with E-state index in [9.17, 15) is 27.6 Å². The molecule has 9 nitrogen and oxygen atoms in total. The molecule has 1 heterocycles. The van der Waals surface area contributed by atoms with Gasteiger partial charge in [0.25, 0.3) is 17.7 Å². The number of nitrogens with zero attached hydrogens (tertiary/aromatic N) is 1. The monoisotopic (exact) mass is 410 g/mol. The van der Waals surface area contributed by atoms with Crippen molar-refractivity contribution >= 4 is 33.5 Å². The van der Waals surface area contributed by atoms with Gasteiger partial charge in [0.2, 0.25) is 0 Å². The van der Waals surface area contributed by atoms with Gasteiger partial charge in [0.1, 0.15) is 15.9 Å². The van der Waals surface area contributed by atoms with Crippen LogP contribution in [-0.4, -0.2) is 67.7 Å². The zero-order valence-corrected chi connectivity index (χ0v) is 16.6. The molecule has 0 radical (unpaired) electrons. The summed E-state index contributed by atoms with van der Waals surface area (Å²) in [5.74, 6) is -3.41. The molecule has 0 unspecified atom stereocenters. The molecule has 0 saturated heterocycles. The van der Waals surface area contributed by atoms with Gasteiger partial charge in [0.15, 0.2) is 6.10 Å². The van der Waals surface area contributed by atoms with Crippen LogP contribution in [0.4, 0.5) is 0 Å². The molecule has 28 heavy (non-hydrogen) atoms. The number of likely N-dealkylation sites (N-methyl/N-ethyl adjacent to an activating group) is 1. The van der Waals surface area contributed by atoms with Crippen LogP contribution in [0.3, 0.4) is 0 Å². The topological polar surface area (TPSA) is 127 Å². The first kappa shape index (κ1) is 21.5. The molecule has 3 amide bonds. The van der Waals surface area contributed by atoms with E-state index in [0.29, 0.717) is 11.4 Å². The van der Waals surface area contributed by atoms with Gasteiger partial charge in [0, 0.05) is 12.8 Å². The number of ether oxygens (including phenoxy) is 1. The minimum absolute atomic E-state index is 0.126. The molecular weight excluding hydrogens is 388 g/mol. The Kier molecular flexibility index (Phi) is 6.55. The number of hydrogen-bond donors (Lipinski definition) is 1. The highest BCUT2D eigenvalue weighted by Crippen LogP contribution is 2.26. The van der Waals surface area contributed by atoms with E-state index in [4.69, 9.17) is 4.74 Å². The van der Waals surface area contributed by atoms with Gasteiger partial charge in [-0.15, -0.1) is 0 Å². The largest absolute Gasteiger partial charge is 0.451 e. The highest BCUT2D eigenvalue weighted by Gasteiger charge is 2.44. The Balaban J connectivity index is 2.30. The second-order valence-corrected chi connectivity index (χ2v) is 8.69. The molecule has 0 aliphatic carbocycles. The predicted octanol–water partition coefficient (Wildman–Crippen LogP) is 0.154. The molecule has 152 valence electrons. The molecule has 0 spiro atoms. The molecule has 1 aromatic carbocycles. The molecule has 1 aliphatic rings. The van der Waals surface area contributed by atoms with Crippen molar-refractivity contribution in [3.63, 3.8) is 0 Å². The van der Waals surface area contributed by atoms with Crippen molar-refractivity contribution in [3.8, 4) is 0 Å². The normalized spacial score (nSPS) is 15.8. The highest BCUT2D eigenvalue weighted by molar-refractivity contribution is 7.90.